The molecule has 2 aromatic rings. The highest BCUT2D eigenvalue weighted by Crippen LogP contribution is 2.25. The third kappa shape index (κ3) is 5.57. The minimum atomic E-state index is -0.214. The van der Waals surface area contributed by atoms with Gasteiger partial charge >= 0.3 is 0 Å². The Labute approximate surface area is 174 Å². The summed E-state index contributed by atoms with van der Waals surface area (Å²) in [4.78, 5) is 38.7. The third-order valence-electron chi connectivity index (χ3n) is 5.11. The Kier molecular flexibility index (Phi) is 6.88. The zero-order chi connectivity index (χ0) is 20.8. The fourth-order valence-corrected chi connectivity index (χ4v) is 3.49. The number of piperidine rings is 1. The summed E-state index contributed by atoms with van der Waals surface area (Å²) in [5.74, 6) is -0.511. The van der Waals surface area contributed by atoms with Crippen molar-refractivity contribution in [3.8, 4) is 5.75 Å². The maximum atomic E-state index is 12.4. The van der Waals surface area contributed by atoms with Gasteiger partial charge in [0, 0.05) is 42.4 Å². The molecule has 1 fully saturated rings. The van der Waals surface area contributed by atoms with E-state index in [4.69, 9.17) is 11.6 Å². The first kappa shape index (κ1) is 20.9. The Morgan fingerprint density at radius 2 is 1.66 bits per heavy atom. The largest absolute Gasteiger partial charge is 0.506 e. The number of anilines is 1. The normalized spacial score (nSPS) is 14.4. The molecule has 0 atom stereocenters. The number of halogens is 1. The number of aromatic hydroxyl groups is 1. The molecular weight excluding hydrogens is 392 g/mol. The number of hydrogen-bond donors (Lipinski definition) is 2. The van der Waals surface area contributed by atoms with Gasteiger partial charge in [-0.25, -0.2) is 0 Å². The molecule has 29 heavy (non-hydrogen) atoms. The second-order valence-electron chi connectivity index (χ2n) is 7.09. The quantitative estimate of drug-likeness (QED) is 0.554. The van der Waals surface area contributed by atoms with Gasteiger partial charge in [0.2, 0.25) is 11.8 Å². The average molecular weight is 415 g/mol. The summed E-state index contributed by atoms with van der Waals surface area (Å²) in [6, 6.07) is 13.2. The van der Waals surface area contributed by atoms with Crippen LogP contribution in [0.3, 0.4) is 0 Å². The van der Waals surface area contributed by atoms with Crippen LogP contribution in [-0.4, -0.2) is 40.7 Å². The van der Waals surface area contributed by atoms with E-state index in [2.05, 4.69) is 5.32 Å². The van der Waals surface area contributed by atoms with Crippen molar-refractivity contribution < 1.29 is 19.5 Å². The number of likely N-dealkylation sites (tertiary alicyclic amines) is 1. The number of hydrogen-bond acceptors (Lipinski definition) is 4. The lowest BCUT2D eigenvalue weighted by Crippen LogP contribution is -2.41. The average Bonchev–Trinajstić information content (AvgIpc) is 2.74. The topological polar surface area (TPSA) is 86.7 Å². The van der Waals surface area contributed by atoms with E-state index >= 15 is 0 Å². The number of para-hydroxylation sites is 2. The van der Waals surface area contributed by atoms with Crippen molar-refractivity contribution in [2.75, 3.05) is 18.4 Å². The summed E-state index contributed by atoms with van der Waals surface area (Å²) in [5.41, 5.74) is 0.929. The second kappa shape index (κ2) is 9.56. The van der Waals surface area contributed by atoms with Crippen LogP contribution in [0.5, 0.6) is 5.75 Å². The Morgan fingerprint density at radius 3 is 2.31 bits per heavy atom. The summed E-state index contributed by atoms with van der Waals surface area (Å²) in [7, 11) is 0. The molecule has 0 aliphatic carbocycles. The highest BCUT2D eigenvalue weighted by atomic mass is 35.5. The summed E-state index contributed by atoms with van der Waals surface area (Å²) in [5, 5.41) is 13.1. The molecule has 0 aromatic heterocycles. The molecule has 0 radical (unpaired) electrons. The van der Waals surface area contributed by atoms with Gasteiger partial charge in [0.15, 0.2) is 5.78 Å². The van der Waals surface area contributed by atoms with Crippen LogP contribution in [0.2, 0.25) is 5.02 Å². The van der Waals surface area contributed by atoms with Gasteiger partial charge in [-0.2, -0.15) is 0 Å². The minimum absolute atomic E-state index is 0.0267. The van der Waals surface area contributed by atoms with Crippen molar-refractivity contribution >= 4 is 34.9 Å². The van der Waals surface area contributed by atoms with Gasteiger partial charge in [0.1, 0.15) is 5.75 Å². The van der Waals surface area contributed by atoms with Crippen LogP contribution in [0.4, 0.5) is 5.69 Å². The van der Waals surface area contributed by atoms with Crippen molar-refractivity contribution in [3.05, 3.63) is 59.1 Å². The molecule has 1 aliphatic rings. The van der Waals surface area contributed by atoms with Crippen LogP contribution in [0.15, 0.2) is 48.5 Å². The number of nitrogens with zero attached hydrogens (tertiary/aromatic N) is 1. The number of phenols is 1. The summed E-state index contributed by atoms with van der Waals surface area (Å²) < 4.78 is 0. The smallest absolute Gasteiger partial charge is 0.227 e. The molecule has 152 valence electrons. The van der Waals surface area contributed by atoms with Gasteiger partial charge in [-0.15, -0.1) is 0 Å². The van der Waals surface area contributed by atoms with Crippen LogP contribution >= 0.6 is 11.6 Å². The molecule has 6 nitrogen and oxygen atoms in total. The minimum Gasteiger partial charge on any atom is -0.506 e. The van der Waals surface area contributed by atoms with E-state index in [1.807, 2.05) is 0 Å². The number of amides is 2. The first-order valence-electron chi connectivity index (χ1n) is 9.59. The number of benzene rings is 2. The number of carbonyl (C=O) groups is 3. The molecule has 0 saturated carbocycles. The zero-order valence-corrected chi connectivity index (χ0v) is 16.7. The van der Waals surface area contributed by atoms with Gasteiger partial charge < -0.3 is 15.3 Å². The Morgan fingerprint density at radius 1 is 1.00 bits per heavy atom. The first-order chi connectivity index (χ1) is 13.9. The van der Waals surface area contributed by atoms with E-state index in [1.54, 1.807) is 47.4 Å². The maximum absolute atomic E-state index is 12.4. The lowest BCUT2D eigenvalue weighted by atomic mass is 9.95. The summed E-state index contributed by atoms with van der Waals surface area (Å²) in [6.45, 7) is 0.958. The highest BCUT2D eigenvalue weighted by molar-refractivity contribution is 6.30. The van der Waals surface area contributed by atoms with Crippen molar-refractivity contribution in [3.63, 3.8) is 0 Å². The van der Waals surface area contributed by atoms with Crippen LogP contribution < -0.4 is 5.32 Å². The van der Waals surface area contributed by atoms with Crippen LogP contribution in [0.1, 0.15) is 36.0 Å². The summed E-state index contributed by atoms with van der Waals surface area (Å²) >= 11 is 5.82. The molecule has 1 heterocycles. The number of Topliss-reactive ketones (excluding diaryl/α,β-unsaturated/α-hetero) is 1. The van der Waals surface area contributed by atoms with E-state index in [1.165, 1.54) is 6.07 Å². The van der Waals surface area contributed by atoms with Gasteiger partial charge in [0.25, 0.3) is 0 Å². The van der Waals surface area contributed by atoms with Crippen molar-refractivity contribution in [2.45, 2.75) is 25.7 Å². The molecule has 2 amide bonds. The molecule has 0 unspecified atom stereocenters. The van der Waals surface area contributed by atoms with E-state index in [-0.39, 0.29) is 42.1 Å². The number of ketones is 1. The number of nitrogens with one attached hydrogen (secondary N) is 1. The fourth-order valence-electron chi connectivity index (χ4n) is 3.36. The Bertz CT molecular complexity index is 890. The van der Waals surface area contributed by atoms with Crippen molar-refractivity contribution in [1.82, 2.24) is 4.90 Å². The number of rotatable bonds is 6. The van der Waals surface area contributed by atoms with Gasteiger partial charge in [-0.3, -0.25) is 14.4 Å². The molecule has 0 bridgehead atoms. The lowest BCUT2D eigenvalue weighted by molar-refractivity contribution is -0.134. The fraction of sp³-hybridized carbons (Fsp3) is 0.318. The number of carbonyl (C=O) groups excluding carboxylic acids is 3. The SMILES string of the molecule is O=C(CCC(=O)N1CCC(C(=O)Nc2ccccc2O)CC1)c1ccc(Cl)cc1. The standard InChI is InChI=1S/C22H23ClN2O4/c23-17-7-5-15(6-8-17)19(26)9-10-21(28)25-13-11-16(12-14-25)22(29)24-18-3-1-2-4-20(18)27/h1-8,16,27H,9-14H2,(H,24,29). The zero-order valence-electron chi connectivity index (χ0n) is 15.9. The van der Waals surface area contributed by atoms with E-state index in [9.17, 15) is 19.5 Å². The molecule has 7 heteroatoms. The second-order valence-corrected chi connectivity index (χ2v) is 7.53. The predicted molar refractivity (Wildman–Crippen MR) is 111 cm³/mol. The molecule has 1 aliphatic heterocycles. The van der Waals surface area contributed by atoms with Crippen molar-refractivity contribution in [2.24, 2.45) is 5.92 Å². The van der Waals surface area contributed by atoms with E-state index in [0.717, 1.165) is 0 Å². The first-order valence-corrected chi connectivity index (χ1v) is 9.97. The molecule has 0 spiro atoms. The lowest BCUT2D eigenvalue weighted by Gasteiger charge is -2.31. The van der Waals surface area contributed by atoms with Gasteiger partial charge in [0.05, 0.1) is 5.69 Å². The maximum Gasteiger partial charge on any atom is 0.227 e. The van der Waals surface area contributed by atoms with E-state index < -0.39 is 0 Å². The number of phenolic OH excluding ortho intramolecular Hbond substituents is 1. The predicted octanol–water partition coefficient (Wildman–Crippen LogP) is 3.89. The molecule has 2 N–H and O–H groups in total. The van der Waals surface area contributed by atoms with E-state index in [0.29, 0.717) is 42.2 Å². The van der Waals surface area contributed by atoms with Crippen LogP contribution in [0, 0.1) is 5.92 Å². The monoisotopic (exact) mass is 414 g/mol. The Balaban J connectivity index is 1.44. The molecule has 2 aromatic carbocycles. The van der Waals surface area contributed by atoms with Crippen LogP contribution in [0.25, 0.3) is 0 Å². The highest BCUT2D eigenvalue weighted by Gasteiger charge is 2.27. The molecular formula is C22H23ClN2O4. The van der Waals surface area contributed by atoms with Crippen LogP contribution in [-0.2, 0) is 9.59 Å². The van der Waals surface area contributed by atoms with Gasteiger partial charge in [-0.1, -0.05) is 23.7 Å². The Hall–Kier alpha value is -2.86. The third-order valence-corrected chi connectivity index (χ3v) is 5.36. The molecule has 3 rings (SSSR count). The van der Waals surface area contributed by atoms with Crippen molar-refractivity contribution in [1.29, 1.82) is 0 Å². The van der Waals surface area contributed by atoms with Gasteiger partial charge in [-0.05, 0) is 49.2 Å². The summed E-state index contributed by atoms with van der Waals surface area (Å²) in [6.07, 6.45) is 1.40. The molecule has 1 saturated heterocycles.